The van der Waals surface area contributed by atoms with Crippen molar-refractivity contribution in [2.45, 2.75) is 24.4 Å². The van der Waals surface area contributed by atoms with Crippen molar-refractivity contribution in [1.29, 1.82) is 5.26 Å². The molecule has 2 aliphatic rings. The second-order valence-corrected chi connectivity index (χ2v) is 8.30. The van der Waals surface area contributed by atoms with Gasteiger partial charge < -0.3 is 19.5 Å². The zero-order valence-corrected chi connectivity index (χ0v) is 17.6. The zero-order chi connectivity index (χ0) is 21.9. The van der Waals surface area contributed by atoms with E-state index in [1.807, 2.05) is 29.6 Å². The standard InChI is InChI=1S/C22H19N5O4S/c23-10-13-3-1-4-14(9-13)25-22(28)31-17-12-30-19-16(11-29-20(17)19)27-21-24-7-6-15(26-21)18-5-2-8-32-18/h1-9,16-17,19-20H,11-12H2,(H,25,28)(H,24,26,27)/t16-,17+,19+,20+/m0/s1. The van der Waals surface area contributed by atoms with Gasteiger partial charge in [-0.15, -0.1) is 11.3 Å². The Kier molecular flexibility index (Phi) is 5.68. The van der Waals surface area contributed by atoms with Gasteiger partial charge in [0.1, 0.15) is 12.2 Å². The molecule has 162 valence electrons. The van der Waals surface area contributed by atoms with Gasteiger partial charge in [0.15, 0.2) is 6.10 Å². The Bertz CT molecular complexity index is 1150. The molecule has 2 aromatic heterocycles. The fraction of sp³-hybridized carbons (Fsp3) is 0.273. The Balaban J connectivity index is 1.19. The molecule has 3 aromatic rings. The summed E-state index contributed by atoms with van der Waals surface area (Å²) in [5.41, 5.74) is 1.78. The van der Waals surface area contributed by atoms with Gasteiger partial charge in [0.2, 0.25) is 5.95 Å². The maximum absolute atomic E-state index is 12.3. The first-order valence-corrected chi connectivity index (χ1v) is 10.9. The first-order valence-electron chi connectivity index (χ1n) is 10.0. The second kappa shape index (κ2) is 8.92. The van der Waals surface area contributed by atoms with Crippen molar-refractivity contribution in [1.82, 2.24) is 9.97 Å². The summed E-state index contributed by atoms with van der Waals surface area (Å²) < 4.78 is 17.3. The zero-order valence-electron chi connectivity index (χ0n) is 16.8. The molecule has 10 heteroatoms. The van der Waals surface area contributed by atoms with Crippen LogP contribution in [-0.4, -0.2) is 53.6 Å². The van der Waals surface area contributed by atoms with E-state index in [-0.39, 0.29) is 24.9 Å². The van der Waals surface area contributed by atoms with E-state index in [0.29, 0.717) is 23.8 Å². The molecule has 4 atom stereocenters. The second-order valence-electron chi connectivity index (χ2n) is 7.35. The molecule has 9 nitrogen and oxygen atoms in total. The van der Waals surface area contributed by atoms with E-state index in [4.69, 9.17) is 19.5 Å². The summed E-state index contributed by atoms with van der Waals surface area (Å²) in [6.07, 6.45) is -0.122. The number of ether oxygens (including phenoxy) is 3. The maximum Gasteiger partial charge on any atom is 0.412 e. The molecular weight excluding hydrogens is 430 g/mol. The number of nitrogens with zero attached hydrogens (tertiary/aromatic N) is 3. The lowest BCUT2D eigenvalue weighted by molar-refractivity contribution is 0.00917. The van der Waals surface area contributed by atoms with Crippen LogP contribution >= 0.6 is 11.3 Å². The first kappa shape index (κ1) is 20.4. The van der Waals surface area contributed by atoms with Gasteiger partial charge in [-0.1, -0.05) is 12.1 Å². The van der Waals surface area contributed by atoms with Gasteiger partial charge >= 0.3 is 6.09 Å². The van der Waals surface area contributed by atoms with Crippen molar-refractivity contribution < 1.29 is 19.0 Å². The number of benzene rings is 1. The van der Waals surface area contributed by atoms with E-state index in [2.05, 4.69) is 20.6 Å². The summed E-state index contributed by atoms with van der Waals surface area (Å²) in [5.74, 6) is 0.494. The van der Waals surface area contributed by atoms with Crippen molar-refractivity contribution in [3.05, 3.63) is 59.6 Å². The predicted molar refractivity (Wildman–Crippen MR) is 117 cm³/mol. The lowest BCUT2D eigenvalue weighted by Gasteiger charge is -2.18. The third-order valence-corrected chi connectivity index (χ3v) is 6.14. The molecule has 0 unspecified atom stereocenters. The summed E-state index contributed by atoms with van der Waals surface area (Å²) in [6, 6.07) is 14.3. The minimum absolute atomic E-state index is 0.164. The molecular formula is C22H19N5O4S. The average molecular weight is 449 g/mol. The molecule has 0 radical (unpaired) electrons. The highest BCUT2D eigenvalue weighted by molar-refractivity contribution is 7.13. The fourth-order valence-corrected chi connectivity index (χ4v) is 4.49. The largest absolute Gasteiger partial charge is 0.441 e. The van der Waals surface area contributed by atoms with Crippen LogP contribution in [0.5, 0.6) is 0 Å². The number of amides is 1. The molecule has 1 aromatic carbocycles. The summed E-state index contributed by atoms with van der Waals surface area (Å²) in [5, 5.41) is 16.9. The summed E-state index contributed by atoms with van der Waals surface area (Å²) in [4.78, 5) is 22.3. The van der Waals surface area contributed by atoms with Gasteiger partial charge in [-0.3, -0.25) is 5.32 Å². The van der Waals surface area contributed by atoms with E-state index in [1.54, 1.807) is 41.8 Å². The molecule has 0 saturated carbocycles. The number of hydrogen-bond acceptors (Lipinski definition) is 9. The molecule has 2 saturated heterocycles. The van der Waals surface area contributed by atoms with Gasteiger partial charge in [-0.2, -0.15) is 5.26 Å². The Morgan fingerprint density at radius 3 is 2.94 bits per heavy atom. The molecule has 1 amide bonds. The monoisotopic (exact) mass is 449 g/mol. The van der Waals surface area contributed by atoms with Crippen LogP contribution in [0.2, 0.25) is 0 Å². The van der Waals surface area contributed by atoms with E-state index >= 15 is 0 Å². The van der Waals surface area contributed by atoms with Crippen LogP contribution in [0.25, 0.3) is 10.6 Å². The van der Waals surface area contributed by atoms with E-state index in [0.717, 1.165) is 10.6 Å². The highest BCUT2D eigenvalue weighted by Gasteiger charge is 2.49. The average Bonchev–Trinajstić information content (AvgIpc) is 3.55. The third-order valence-electron chi connectivity index (χ3n) is 5.25. The van der Waals surface area contributed by atoms with Crippen LogP contribution < -0.4 is 10.6 Å². The van der Waals surface area contributed by atoms with Gasteiger partial charge in [0.25, 0.3) is 0 Å². The Hall–Kier alpha value is -3.52. The lowest BCUT2D eigenvalue weighted by atomic mass is 10.1. The molecule has 2 aliphatic heterocycles. The Labute approximate surface area is 188 Å². The van der Waals surface area contributed by atoms with Crippen LogP contribution in [-0.2, 0) is 14.2 Å². The van der Waals surface area contributed by atoms with Gasteiger partial charge in [0.05, 0.1) is 41.5 Å². The van der Waals surface area contributed by atoms with Gasteiger partial charge in [0, 0.05) is 11.9 Å². The lowest BCUT2D eigenvalue weighted by Crippen LogP contribution is -2.38. The minimum atomic E-state index is -0.624. The smallest absolute Gasteiger partial charge is 0.412 e. The first-order chi connectivity index (χ1) is 15.7. The number of thiophene rings is 1. The Morgan fingerprint density at radius 1 is 1.19 bits per heavy atom. The van der Waals surface area contributed by atoms with Crippen molar-refractivity contribution in [3.8, 4) is 16.6 Å². The van der Waals surface area contributed by atoms with Crippen LogP contribution in [0.1, 0.15) is 5.56 Å². The number of rotatable bonds is 5. The minimum Gasteiger partial charge on any atom is -0.441 e. The van der Waals surface area contributed by atoms with Crippen LogP contribution in [0.3, 0.4) is 0 Å². The fourth-order valence-electron chi connectivity index (χ4n) is 3.80. The number of nitriles is 1. The highest BCUT2D eigenvalue weighted by Crippen LogP contribution is 2.31. The molecule has 5 rings (SSSR count). The number of carbonyl (C=O) groups is 1. The third kappa shape index (κ3) is 4.27. The number of nitrogens with one attached hydrogen (secondary N) is 2. The van der Waals surface area contributed by atoms with Gasteiger partial charge in [-0.25, -0.2) is 14.8 Å². The number of hydrogen-bond donors (Lipinski definition) is 2. The summed E-state index contributed by atoms with van der Waals surface area (Å²) >= 11 is 1.61. The van der Waals surface area contributed by atoms with E-state index in [1.165, 1.54) is 0 Å². The van der Waals surface area contributed by atoms with Gasteiger partial charge in [-0.05, 0) is 35.7 Å². The van der Waals surface area contributed by atoms with Crippen molar-refractivity contribution in [2.75, 3.05) is 23.8 Å². The summed E-state index contributed by atoms with van der Waals surface area (Å²) in [6.45, 7) is 0.614. The topological polar surface area (TPSA) is 118 Å². The molecule has 0 bridgehead atoms. The van der Waals surface area contributed by atoms with Crippen LogP contribution in [0.4, 0.5) is 16.4 Å². The molecule has 0 spiro atoms. The van der Waals surface area contributed by atoms with Crippen LogP contribution in [0.15, 0.2) is 54.0 Å². The molecule has 2 N–H and O–H groups in total. The molecule has 4 heterocycles. The number of fused-ring (bicyclic) bond motifs is 1. The number of carbonyl (C=O) groups excluding carboxylic acids is 1. The quantitative estimate of drug-likeness (QED) is 0.609. The molecule has 0 aliphatic carbocycles. The van der Waals surface area contributed by atoms with Crippen molar-refractivity contribution in [3.63, 3.8) is 0 Å². The van der Waals surface area contributed by atoms with Crippen LogP contribution in [0, 0.1) is 11.3 Å². The highest BCUT2D eigenvalue weighted by atomic mass is 32.1. The normalized spacial score (nSPS) is 23.8. The van der Waals surface area contributed by atoms with E-state index < -0.39 is 12.2 Å². The maximum atomic E-state index is 12.3. The molecule has 2 fully saturated rings. The SMILES string of the molecule is N#Cc1cccc(NC(=O)O[C@@H]2CO[C@H]3[C@@H]2OC[C@@H]3Nc2nccc(-c3cccs3)n2)c1. The van der Waals surface area contributed by atoms with Crippen molar-refractivity contribution >= 4 is 29.1 Å². The number of aromatic nitrogens is 2. The Morgan fingerprint density at radius 2 is 2.09 bits per heavy atom. The molecule has 32 heavy (non-hydrogen) atoms. The van der Waals surface area contributed by atoms with E-state index in [9.17, 15) is 4.79 Å². The number of anilines is 2. The predicted octanol–water partition coefficient (Wildman–Crippen LogP) is 3.27. The van der Waals surface area contributed by atoms with Crippen molar-refractivity contribution in [2.24, 2.45) is 0 Å². The summed E-state index contributed by atoms with van der Waals surface area (Å²) in [7, 11) is 0.